The van der Waals surface area contributed by atoms with Gasteiger partial charge in [-0.3, -0.25) is 10.1 Å². The van der Waals surface area contributed by atoms with Crippen LogP contribution in [0, 0.1) is 0 Å². The van der Waals surface area contributed by atoms with E-state index >= 15 is 0 Å². The van der Waals surface area contributed by atoms with Crippen molar-refractivity contribution in [3.63, 3.8) is 0 Å². The summed E-state index contributed by atoms with van der Waals surface area (Å²) in [5.74, 6) is -2.18. The number of carbonyl (C=O) groups excluding carboxylic acids is 1. The molecule has 0 aliphatic rings. The van der Waals surface area contributed by atoms with Gasteiger partial charge in [-0.05, 0) is 30.3 Å². The van der Waals surface area contributed by atoms with Crippen molar-refractivity contribution in [1.29, 1.82) is 0 Å². The Hall–Kier alpha value is -2.38. The Labute approximate surface area is 127 Å². The van der Waals surface area contributed by atoms with Crippen LogP contribution < -0.4 is 5.32 Å². The van der Waals surface area contributed by atoms with Crippen molar-refractivity contribution in [2.75, 3.05) is 5.32 Å². The van der Waals surface area contributed by atoms with Gasteiger partial charge in [-0.2, -0.15) is 0 Å². The molecule has 0 aliphatic carbocycles. The number of carbonyl (C=O) groups is 2. The molecule has 0 radical (unpaired) electrons. The molecule has 0 saturated carbocycles. The Morgan fingerprint density at radius 2 is 2.00 bits per heavy atom. The summed E-state index contributed by atoms with van der Waals surface area (Å²) in [5.41, 5.74) is 0.713. The normalized spacial score (nSPS) is 10.7. The van der Waals surface area contributed by atoms with Gasteiger partial charge in [0.25, 0.3) is 5.91 Å². The van der Waals surface area contributed by atoms with E-state index in [1.165, 1.54) is 23.5 Å². The maximum Gasteiger partial charge on any atom is 0.371 e. The fourth-order valence-electron chi connectivity index (χ4n) is 1.69. The maximum absolute atomic E-state index is 11.9. The lowest BCUT2D eigenvalue weighted by molar-refractivity contribution is 0.0660. The molecule has 6 nitrogen and oxygen atoms in total. The number of thiazole rings is 1. The van der Waals surface area contributed by atoms with Gasteiger partial charge in [-0.25, -0.2) is 9.78 Å². The first-order valence-corrected chi connectivity index (χ1v) is 6.93. The van der Waals surface area contributed by atoms with Crippen molar-refractivity contribution >= 4 is 50.2 Å². The highest BCUT2D eigenvalue weighted by molar-refractivity contribution is 7.22. The van der Waals surface area contributed by atoms with Gasteiger partial charge in [-0.1, -0.05) is 22.9 Å². The average molecular weight is 323 g/mol. The summed E-state index contributed by atoms with van der Waals surface area (Å²) < 4.78 is 5.75. The lowest BCUT2D eigenvalue weighted by atomic mass is 10.3. The smallest absolute Gasteiger partial charge is 0.371 e. The molecule has 1 amide bonds. The first-order valence-electron chi connectivity index (χ1n) is 5.73. The molecule has 8 heteroatoms. The number of furan rings is 1. The second kappa shape index (κ2) is 5.19. The third-order valence-corrected chi connectivity index (χ3v) is 3.78. The largest absolute Gasteiger partial charge is 0.475 e. The third kappa shape index (κ3) is 2.74. The van der Waals surface area contributed by atoms with Crippen molar-refractivity contribution in [3.05, 3.63) is 46.9 Å². The highest BCUT2D eigenvalue weighted by Crippen LogP contribution is 2.28. The molecule has 106 valence electrons. The molecule has 0 atom stereocenters. The van der Waals surface area contributed by atoms with Gasteiger partial charge in [-0.15, -0.1) is 0 Å². The van der Waals surface area contributed by atoms with Crippen LogP contribution in [-0.4, -0.2) is 22.0 Å². The van der Waals surface area contributed by atoms with Gasteiger partial charge >= 0.3 is 5.97 Å². The second-order valence-electron chi connectivity index (χ2n) is 4.05. The third-order valence-electron chi connectivity index (χ3n) is 2.61. The van der Waals surface area contributed by atoms with Crippen LogP contribution >= 0.6 is 22.9 Å². The highest BCUT2D eigenvalue weighted by atomic mass is 35.5. The van der Waals surface area contributed by atoms with Crippen LogP contribution in [0.5, 0.6) is 0 Å². The summed E-state index contributed by atoms with van der Waals surface area (Å²) in [6.07, 6.45) is 0. The number of nitrogens with one attached hydrogen (secondary N) is 1. The summed E-state index contributed by atoms with van der Waals surface area (Å²) >= 11 is 7.14. The molecular formula is C13H7ClN2O4S. The number of hydrogen-bond acceptors (Lipinski definition) is 5. The Kier molecular flexibility index (Phi) is 3.36. The summed E-state index contributed by atoms with van der Waals surface area (Å²) in [5, 5.41) is 12.3. The monoisotopic (exact) mass is 322 g/mol. The highest BCUT2D eigenvalue weighted by Gasteiger charge is 2.16. The van der Waals surface area contributed by atoms with E-state index in [0.29, 0.717) is 15.7 Å². The van der Waals surface area contributed by atoms with Crippen LogP contribution in [-0.2, 0) is 0 Å². The minimum absolute atomic E-state index is 0.0929. The average Bonchev–Trinajstić information content (AvgIpc) is 3.03. The number of hydrogen-bond donors (Lipinski definition) is 2. The summed E-state index contributed by atoms with van der Waals surface area (Å²) in [6.45, 7) is 0. The Balaban J connectivity index is 1.83. The number of carboxylic acids is 1. The minimum atomic E-state index is -1.23. The van der Waals surface area contributed by atoms with E-state index in [4.69, 9.17) is 21.1 Å². The molecule has 21 heavy (non-hydrogen) atoms. The molecule has 2 heterocycles. The maximum atomic E-state index is 11.9. The zero-order valence-corrected chi connectivity index (χ0v) is 11.9. The molecule has 1 aromatic carbocycles. The minimum Gasteiger partial charge on any atom is -0.475 e. The van der Waals surface area contributed by atoms with Crippen LogP contribution in [0.4, 0.5) is 5.13 Å². The van der Waals surface area contributed by atoms with Gasteiger partial charge in [0.2, 0.25) is 5.76 Å². The van der Waals surface area contributed by atoms with Gasteiger partial charge < -0.3 is 9.52 Å². The van der Waals surface area contributed by atoms with Crippen molar-refractivity contribution in [2.24, 2.45) is 0 Å². The van der Waals surface area contributed by atoms with Gasteiger partial charge in [0.1, 0.15) is 0 Å². The number of fused-ring (bicyclic) bond motifs is 1. The van der Waals surface area contributed by atoms with E-state index in [1.54, 1.807) is 18.2 Å². The molecule has 0 spiro atoms. The SMILES string of the molecule is O=C(O)c1ccc(C(=O)Nc2nc3ccc(Cl)cc3s2)o1. The summed E-state index contributed by atoms with van der Waals surface area (Å²) in [7, 11) is 0. The Morgan fingerprint density at radius 1 is 1.24 bits per heavy atom. The molecule has 0 aliphatic heterocycles. The van der Waals surface area contributed by atoms with Crippen LogP contribution in [0.25, 0.3) is 10.2 Å². The molecule has 2 aromatic heterocycles. The Bertz CT molecular complexity index is 855. The fraction of sp³-hybridized carbons (Fsp3) is 0. The Morgan fingerprint density at radius 3 is 2.71 bits per heavy atom. The molecular weight excluding hydrogens is 316 g/mol. The summed E-state index contributed by atoms with van der Waals surface area (Å²) in [4.78, 5) is 26.9. The number of carboxylic acid groups (broad SMARTS) is 1. The quantitative estimate of drug-likeness (QED) is 0.770. The van der Waals surface area contributed by atoms with Crippen LogP contribution in [0.3, 0.4) is 0 Å². The number of benzene rings is 1. The number of halogens is 1. The van der Waals surface area contributed by atoms with Crippen LogP contribution in [0.15, 0.2) is 34.7 Å². The fourth-order valence-corrected chi connectivity index (χ4v) is 2.82. The molecule has 0 saturated heterocycles. The number of aromatic carboxylic acids is 1. The molecule has 3 rings (SSSR count). The van der Waals surface area contributed by atoms with Gasteiger partial charge in [0.05, 0.1) is 10.2 Å². The van der Waals surface area contributed by atoms with E-state index in [0.717, 1.165) is 4.70 Å². The number of nitrogens with zero attached hydrogens (tertiary/aromatic N) is 1. The zero-order chi connectivity index (χ0) is 15.0. The van der Waals surface area contributed by atoms with E-state index in [1.807, 2.05) is 0 Å². The lowest BCUT2D eigenvalue weighted by Crippen LogP contribution is -2.10. The lowest BCUT2D eigenvalue weighted by Gasteiger charge is -1.96. The standard InChI is InChI=1S/C13H7ClN2O4S/c14-6-1-2-7-10(5-6)21-13(15-7)16-11(17)8-3-4-9(20-8)12(18)19/h1-5H,(H,18,19)(H,15,16,17). The number of amides is 1. The topological polar surface area (TPSA) is 92.4 Å². The van der Waals surface area contributed by atoms with Crippen molar-refractivity contribution in [1.82, 2.24) is 4.98 Å². The summed E-state index contributed by atoms with van der Waals surface area (Å²) in [6, 6.07) is 7.72. The van der Waals surface area contributed by atoms with E-state index < -0.39 is 11.9 Å². The molecule has 0 fully saturated rings. The predicted octanol–water partition coefficient (Wildman–Crippen LogP) is 3.49. The zero-order valence-electron chi connectivity index (χ0n) is 10.3. The van der Waals surface area contributed by atoms with Crippen LogP contribution in [0.1, 0.15) is 21.1 Å². The van der Waals surface area contributed by atoms with Gasteiger partial charge in [0.15, 0.2) is 10.9 Å². The van der Waals surface area contributed by atoms with Crippen molar-refractivity contribution in [2.45, 2.75) is 0 Å². The molecule has 0 bridgehead atoms. The van der Waals surface area contributed by atoms with Gasteiger partial charge in [0, 0.05) is 5.02 Å². The number of anilines is 1. The molecule has 0 unspecified atom stereocenters. The van der Waals surface area contributed by atoms with Crippen molar-refractivity contribution in [3.8, 4) is 0 Å². The van der Waals surface area contributed by atoms with E-state index in [2.05, 4.69) is 10.3 Å². The molecule has 2 N–H and O–H groups in total. The predicted molar refractivity (Wildman–Crippen MR) is 78.3 cm³/mol. The van der Waals surface area contributed by atoms with Crippen LogP contribution in [0.2, 0.25) is 5.02 Å². The van der Waals surface area contributed by atoms with Crippen molar-refractivity contribution < 1.29 is 19.1 Å². The molecule has 3 aromatic rings. The first kappa shape index (κ1) is 13.6. The van der Waals surface area contributed by atoms with E-state index in [9.17, 15) is 9.59 Å². The number of aromatic nitrogens is 1. The number of rotatable bonds is 3. The first-order chi connectivity index (χ1) is 10.0. The second-order valence-corrected chi connectivity index (χ2v) is 5.52. The van der Waals surface area contributed by atoms with E-state index in [-0.39, 0.29) is 11.5 Å².